The molecule has 104 valence electrons. The third-order valence-electron chi connectivity index (χ3n) is 2.11. The van der Waals surface area contributed by atoms with E-state index in [4.69, 9.17) is 10.2 Å². The number of aliphatic hydroxyl groups is 1. The van der Waals surface area contributed by atoms with Gasteiger partial charge in [-0.25, -0.2) is 17.9 Å². The number of sulfonamides is 1. The maximum atomic E-state index is 11.8. The average molecular weight is 290 g/mol. The summed E-state index contributed by atoms with van der Waals surface area (Å²) in [6.45, 7) is -0.819. The van der Waals surface area contributed by atoms with Gasteiger partial charge in [0.1, 0.15) is 4.90 Å². The molecule has 0 bridgehead atoms. The van der Waals surface area contributed by atoms with Crippen molar-refractivity contribution < 1.29 is 28.3 Å². The van der Waals surface area contributed by atoms with Crippen molar-refractivity contribution in [2.45, 2.75) is 4.90 Å². The molecule has 1 aromatic rings. The number of hydrogen-bond acceptors (Lipinski definition) is 6. The summed E-state index contributed by atoms with van der Waals surface area (Å²) in [5.74, 6) is -1.73. The summed E-state index contributed by atoms with van der Waals surface area (Å²) in [5.41, 5.74) is -1.74. The Morgan fingerprint density at radius 3 is 2.53 bits per heavy atom. The molecule has 1 rings (SSSR count). The fraction of sp³-hybridized carbons (Fsp3) is 0.222. The highest BCUT2D eigenvalue weighted by Gasteiger charge is 2.29. The van der Waals surface area contributed by atoms with Gasteiger partial charge >= 0.3 is 5.97 Å². The number of carbonyl (C=O) groups is 1. The van der Waals surface area contributed by atoms with Gasteiger partial charge in [0, 0.05) is 12.6 Å². The molecule has 0 aromatic heterocycles. The van der Waals surface area contributed by atoms with Crippen molar-refractivity contribution in [3.05, 3.63) is 33.9 Å². The van der Waals surface area contributed by atoms with Gasteiger partial charge in [0.2, 0.25) is 10.0 Å². The van der Waals surface area contributed by atoms with Gasteiger partial charge in [0.15, 0.2) is 5.56 Å². The minimum atomic E-state index is -4.25. The van der Waals surface area contributed by atoms with E-state index in [9.17, 15) is 23.3 Å². The van der Waals surface area contributed by atoms with E-state index in [1.165, 1.54) is 0 Å². The molecule has 19 heavy (non-hydrogen) atoms. The molecule has 0 saturated heterocycles. The summed E-state index contributed by atoms with van der Waals surface area (Å²) in [6, 6.07) is 2.91. The molecule has 0 spiro atoms. The smallest absolute Gasteiger partial charge is 0.344 e. The summed E-state index contributed by atoms with van der Waals surface area (Å²) < 4.78 is 25.5. The third kappa shape index (κ3) is 3.24. The van der Waals surface area contributed by atoms with Crippen LogP contribution in [0.5, 0.6) is 0 Å². The molecule has 0 radical (unpaired) electrons. The van der Waals surface area contributed by atoms with Crippen LogP contribution in [-0.2, 0) is 10.0 Å². The molecule has 0 unspecified atom stereocenters. The number of benzene rings is 1. The van der Waals surface area contributed by atoms with Gasteiger partial charge in [-0.15, -0.1) is 0 Å². The summed E-state index contributed by atoms with van der Waals surface area (Å²) in [4.78, 5) is 20.0. The minimum absolute atomic E-state index is 0.329. The van der Waals surface area contributed by atoms with Gasteiger partial charge in [0.25, 0.3) is 5.69 Å². The molecule has 1 aromatic carbocycles. The number of carboxylic acids is 1. The number of aromatic carboxylic acids is 1. The molecule has 0 fully saturated rings. The van der Waals surface area contributed by atoms with Crippen molar-refractivity contribution in [2.75, 3.05) is 13.2 Å². The number of rotatable bonds is 6. The second-order valence-electron chi connectivity index (χ2n) is 3.33. The van der Waals surface area contributed by atoms with Crippen molar-refractivity contribution in [1.82, 2.24) is 4.72 Å². The lowest BCUT2D eigenvalue weighted by atomic mass is 10.2. The van der Waals surface area contributed by atoms with Crippen molar-refractivity contribution in [1.29, 1.82) is 0 Å². The number of carboxylic acid groups (broad SMARTS) is 1. The fourth-order valence-corrected chi connectivity index (χ4v) is 2.60. The van der Waals surface area contributed by atoms with Crippen molar-refractivity contribution in [3.63, 3.8) is 0 Å². The topological polar surface area (TPSA) is 147 Å². The molecule has 0 saturated carbocycles. The molecule has 0 aliphatic carbocycles. The standard InChI is InChI=1S/C9H10N2O7S/c12-5-4-10-19(17,18)7-3-1-2-6(11(15)16)8(7)9(13)14/h1-3,10,12H,4-5H2,(H,13,14). The van der Waals surface area contributed by atoms with E-state index in [2.05, 4.69) is 0 Å². The highest BCUT2D eigenvalue weighted by atomic mass is 32.2. The summed E-state index contributed by atoms with van der Waals surface area (Å²) >= 11 is 0. The quantitative estimate of drug-likeness (QED) is 0.475. The van der Waals surface area contributed by atoms with E-state index < -0.39 is 43.7 Å². The molecule has 0 atom stereocenters. The van der Waals surface area contributed by atoms with E-state index in [0.29, 0.717) is 0 Å². The molecule has 3 N–H and O–H groups in total. The van der Waals surface area contributed by atoms with E-state index in [1.54, 1.807) is 0 Å². The maximum absolute atomic E-state index is 11.8. The molecule has 0 heterocycles. The van der Waals surface area contributed by atoms with E-state index in [1.807, 2.05) is 4.72 Å². The highest BCUT2D eigenvalue weighted by Crippen LogP contribution is 2.25. The van der Waals surface area contributed by atoms with E-state index >= 15 is 0 Å². The number of aliphatic hydroxyl groups excluding tert-OH is 1. The molecule has 0 amide bonds. The van der Waals surface area contributed by atoms with Crippen LogP contribution in [0, 0.1) is 10.1 Å². The first-order chi connectivity index (χ1) is 8.81. The number of nitro benzene ring substituents is 1. The molecule has 10 heteroatoms. The Kier molecular flexibility index (Phi) is 4.53. The zero-order chi connectivity index (χ0) is 14.6. The first-order valence-corrected chi connectivity index (χ1v) is 6.41. The Morgan fingerprint density at radius 1 is 1.42 bits per heavy atom. The van der Waals surface area contributed by atoms with Crippen LogP contribution in [0.25, 0.3) is 0 Å². The van der Waals surface area contributed by atoms with E-state index in [0.717, 1.165) is 18.2 Å². The second kappa shape index (κ2) is 5.73. The van der Waals surface area contributed by atoms with Crippen LogP contribution < -0.4 is 4.72 Å². The molecule has 9 nitrogen and oxygen atoms in total. The molecule has 0 aliphatic heterocycles. The Bertz CT molecular complexity index is 611. The number of nitrogens with zero attached hydrogens (tertiary/aromatic N) is 1. The predicted octanol–water partition coefficient (Wildman–Crippen LogP) is -0.436. The largest absolute Gasteiger partial charge is 0.477 e. The van der Waals surface area contributed by atoms with Crippen molar-refractivity contribution >= 4 is 21.7 Å². The Morgan fingerprint density at radius 2 is 2.05 bits per heavy atom. The maximum Gasteiger partial charge on any atom is 0.344 e. The number of nitrogens with one attached hydrogen (secondary N) is 1. The zero-order valence-electron chi connectivity index (χ0n) is 9.44. The molecule has 0 aliphatic rings. The lowest BCUT2D eigenvalue weighted by Gasteiger charge is -2.08. The summed E-state index contributed by atoms with van der Waals surface area (Å²) in [7, 11) is -4.25. The Balaban J connectivity index is 3.48. The van der Waals surface area contributed by atoms with Crippen LogP contribution in [-0.4, -0.2) is 42.7 Å². The average Bonchev–Trinajstić information content (AvgIpc) is 2.35. The van der Waals surface area contributed by atoms with E-state index in [-0.39, 0.29) is 6.54 Å². The fourth-order valence-electron chi connectivity index (χ4n) is 1.37. The van der Waals surface area contributed by atoms with Crippen molar-refractivity contribution in [3.8, 4) is 0 Å². The molecular weight excluding hydrogens is 280 g/mol. The summed E-state index contributed by atoms with van der Waals surface area (Å²) in [5, 5.41) is 28.2. The van der Waals surface area contributed by atoms with Gasteiger partial charge in [-0.2, -0.15) is 0 Å². The first-order valence-electron chi connectivity index (χ1n) is 4.92. The van der Waals surface area contributed by atoms with Crippen LogP contribution >= 0.6 is 0 Å². The predicted molar refractivity (Wildman–Crippen MR) is 62.3 cm³/mol. The van der Waals surface area contributed by atoms with Crippen LogP contribution in [0.1, 0.15) is 10.4 Å². The third-order valence-corrected chi connectivity index (χ3v) is 3.61. The van der Waals surface area contributed by atoms with Gasteiger partial charge in [-0.3, -0.25) is 10.1 Å². The lowest BCUT2D eigenvalue weighted by Crippen LogP contribution is -2.28. The van der Waals surface area contributed by atoms with Gasteiger partial charge in [-0.1, -0.05) is 6.07 Å². The number of nitro groups is 1. The van der Waals surface area contributed by atoms with Gasteiger partial charge < -0.3 is 10.2 Å². The monoisotopic (exact) mass is 290 g/mol. The van der Waals surface area contributed by atoms with Gasteiger partial charge in [0.05, 0.1) is 11.5 Å². The zero-order valence-corrected chi connectivity index (χ0v) is 10.3. The van der Waals surface area contributed by atoms with Crippen LogP contribution in [0.4, 0.5) is 5.69 Å². The first kappa shape index (κ1) is 15.0. The van der Waals surface area contributed by atoms with Gasteiger partial charge in [-0.05, 0) is 6.07 Å². The lowest BCUT2D eigenvalue weighted by molar-refractivity contribution is -0.385. The Labute approximate surface area is 107 Å². The van der Waals surface area contributed by atoms with Crippen molar-refractivity contribution in [2.24, 2.45) is 0 Å². The van der Waals surface area contributed by atoms with Crippen LogP contribution in [0.3, 0.4) is 0 Å². The summed E-state index contributed by atoms with van der Waals surface area (Å²) in [6.07, 6.45) is 0. The Hall–Kier alpha value is -2.04. The normalized spacial score (nSPS) is 11.2. The van der Waals surface area contributed by atoms with Crippen LogP contribution in [0.2, 0.25) is 0 Å². The van der Waals surface area contributed by atoms with Crippen LogP contribution in [0.15, 0.2) is 23.1 Å². The second-order valence-corrected chi connectivity index (χ2v) is 5.07. The highest BCUT2D eigenvalue weighted by molar-refractivity contribution is 7.89. The SMILES string of the molecule is O=C(O)c1c([N+](=O)[O-])cccc1S(=O)(=O)NCCO. The number of hydrogen-bond donors (Lipinski definition) is 3. The minimum Gasteiger partial charge on any atom is -0.477 e. The molecular formula is C9H10N2O7S.